The molecule has 0 spiro atoms. The maximum absolute atomic E-state index is 6.13. The standard InChI is InChI=1S/C18H23N3O.ClH/c1-13-10-21(12-17(13)19)11-16-9-15(3-4-18(16)22-2)14-5-7-20-8-6-14;/h3-9,13,17H,10-12,19H2,1-2H3;1H. The fourth-order valence-corrected chi connectivity index (χ4v) is 3.09. The Morgan fingerprint density at radius 1 is 1.17 bits per heavy atom. The van der Waals surface area contributed by atoms with Gasteiger partial charge in [0.15, 0.2) is 0 Å². The summed E-state index contributed by atoms with van der Waals surface area (Å²) in [4.78, 5) is 6.49. The van der Waals surface area contributed by atoms with Crippen LogP contribution in [0.1, 0.15) is 12.5 Å². The van der Waals surface area contributed by atoms with Gasteiger partial charge in [0.25, 0.3) is 0 Å². The quantitative estimate of drug-likeness (QED) is 0.934. The molecule has 4 nitrogen and oxygen atoms in total. The number of pyridine rings is 1. The SMILES string of the molecule is COc1ccc(-c2ccncc2)cc1CN1CC(C)C(N)C1.Cl. The molecule has 1 aromatic carbocycles. The van der Waals surface area contributed by atoms with Crippen LogP contribution < -0.4 is 10.5 Å². The summed E-state index contributed by atoms with van der Waals surface area (Å²) in [7, 11) is 1.73. The Balaban J connectivity index is 0.00000192. The van der Waals surface area contributed by atoms with Crippen molar-refractivity contribution in [2.45, 2.75) is 19.5 Å². The molecule has 1 saturated heterocycles. The highest BCUT2D eigenvalue weighted by molar-refractivity contribution is 5.85. The summed E-state index contributed by atoms with van der Waals surface area (Å²) < 4.78 is 5.53. The molecule has 2 heterocycles. The second kappa shape index (κ2) is 7.77. The van der Waals surface area contributed by atoms with Gasteiger partial charge in [0.1, 0.15) is 5.75 Å². The molecule has 124 valence electrons. The number of likely N-dealkylation sites (tertiary alicyclic amines) is 1. The fraction of sp³-hybridized carbons (Fsp3) is 0.389. The first-order chi connectivity index (χ1) is 10.7. The molecule has 0 aliphatic carbocycles. The average molecular weight is 334 g/mol. The molecule has 2 atom stereocenters. The van der Waals surface area contributed by atoms with Crippen LogP contribution in [0.4, 0.5) is 0 Å². The zero-order chi connectivity index (χ0) is 15.5. The molecule has 5 heteroatoms. The van der Waals surface area contributed by atoms with E-state index in [1.165, 1.54) is 16.7 Å². The van der Waals surface area contributed by atoms with Gasteiger partial charge in [-0.25, -0.2) is 0 Å². The predicted octanol–water partition coefficient (Wildman–Crippen LogP) is 2.96. The van der Waals surface area contributed by atoms with E-state index in [0.29, 0.717) is 5.92 Å². The Morgan fingerprint density at radius 3 is 2.52 bits per heavy atom. The third kappa shape index (κ3) is 4.02. The third-order valence-electron chi connectivity index (χ3n) is 4.43. The third-order valence-corrected chi connectivity index (χ3v) is 4.43. The molecule has 2 N–H and O–H groups in total. The molecule has 1 aliphatic rings. The lowest BCUT2D eigenvalue weighted by atomic mass is 10.0. The van der Waals surface area contributed by atoms with Gasteiger partial charge in [0, 0.05) is 43.6 Å². The Hall–Kier alpha value is -1.62. The Bertz CT molecular complexity index is 625. The van der Waals surface area contributed by atoms with E-state index in [4.69, 9.17) is 10.5 Å². The Labute approximate surface area is 144 Å². The van der Waals surface area contributed by atoms with Crippen LogP contribution in [0, 0.1) is 5.92 Å². The highest BCUT2D eigenvalue weighted by Crippen LogP contribution is 2.28. The van der Waals surface area contributed by atoms with Gasteiger partial charge in [-0.2, -0.15) is 0 Å². The van der Waals surface area contributed by atoms with E-state index < -0.39 is 0 Å². The average Bonchev–Trinajstić information content (AvgIpc) is 2.86. The first kappa shape index (κ1) is 17.7. The number of nitrogens with two attached hydrogens (primary N) is 1. The van der Waals surface area contributed by atoms with Gasteiger partial charge in [-0.15, -0.1) is 12.4 Å². The summed E-state index contributed by atoms with van der Waals surface area (Å²) in [5.74, 6) is 1.49. The van der Waals surface area contributed by atoms with Crippen LogP contribution in [0.3, 0.4) is 0 Å². The van der Waals surface area contributed by atoms with Crippen molar-refractivity contribution in [3.8, 4) is 16.9 Å². The molecule has 2 unspecified atom stereocenters. The minimum atomic E-state index is 0. The van der Waals surface area contributed by atoms with Crippen molar-refractivity contribution in [3.05, 3.63) is 48.3 Å². The van der Waals surface area contributed by atoms with Crippen LogP contribution in [0.2, 0.25) is 0 Å². The zero-order valence-electron chi connectivity index (χ0n) is 13.6. The number of hydrogen-bond donors (Lipinski definition) is 1. The molecular weight excluding hydrogens is 310 g/mol. The molecule has 0 bridgehead atoms. The van der Waals surface area contributed by atoms with E-state index >= 15 is 0 Å². The Morgan fingerprint density at radius 2 is 1.91 bits per heavy atom. The molecule has 1 fully saturated rings. The summed E-state index contributed by atoms with van der Waals surface area (Å²) in [5.41, 5.74) is 9.70. The van der Waals surface area contributed by atoms with Crippen LogP contribution in [0.5, 0.6) is 5.75 Å². The summed E-state index contributed by atoms with van der Waals surface area (Å²) in [6.45, 7) is 5.09. The molecular formula is C18H24ClN3O. The first-order valence-electron chi connectivity index (χ1n) is 7.72. The van der Waals surface area contributed by atoms with E-state index in [1.54, 1.807) is 7.11 Å². The summed E-state index contributed by atoms with van der Waals surface area (Å²) >= 11 is 0. The maximum atomic E-state index is 6.13. The normalized spacial score (nSPS) is 21.0. The van der Waals surface area contributed by atoms with Crippen molar-refractivity contribution in [1.82, 2.24) is 9.88 Å². The van der Waals surface area contributed by atoms with Crippen molar-refractivity contribution in [2.24, 2.45) is 11.7 Å². The van der Waals surface area contributed by atoms with Crippen molar-refractivity contribution < 1.29 is 4.74 Å². The van der Waals surface area contributed by atoms with Gasteiger partial charge in [-0.3, -0.25) is 9.88 Å². The number of rotatable bonds is 4. The van der Waals surface area contributed by atoms with Gasteiger partial charge in [-0.1, -0.05) is 13.0 Å². The van der Waals surface area contributed by atoms with Crippen molar-refractivity contribution in [2.75, 3.05) is 20.2 Å². The smallest absolute Gasteiger partial charge is 0.123 e. The van der Waals surface area contributed by atoms with Crippen molar-refractivity contribution in [3.63, 3.8) is 0 Å². The minimum absolute atomic E-state index is 0. The number of nitrogens with zero attached hydrogens (tertiary/aromatic N) is 2. The predicted molar refractivity (Wildman–Crippen MR) is 95.9 cm³/mol. The zero-order valence-corrected chi connectivity index (χ0v) is 14.4. The molecule has 3 rings (SSSR count). The van der Waals surface area contributed by atoms with Gasteiger partial charge < -0.3 is 10.5 Å². The van der Waals surface area contributed by atoms with E-state index in [2.05, 4.69) is 28.9 Å². The van der Waals surface area contributed by atoms with Gasteiger partial charge in [0.2, 0.25) is 0 Å². The fourth-order valence-electron chi connectivity index (χ4n) is 3.09. The van der Waals surface area contributed by atoms with Crippen LogP contribution in [0.25, 0.3) is 11.1 Å². The second-order valence-corrected chi connectivity index (χ2v) is 6.10. The van der Waals surface area contributed by atoms with E-state index in [-0.39, 0.29) is 18.4 Å². The number of hydrogen-bond acceptors (Lipinski definition) is 4. The Kier molecular flexibility index (Phi) is 5.99. The van der Waals surface area contributed by atoms with Gasteiger partial charge >= 0.3 is 0 Å². The molecule has 2 aromatic rings. The summed E-state index contributed by atoms with van der Waals surface area (Å²) in [5, 5.41) is 0. The van der Waals surface area contributed by atoms with E-state index in [0.717, 1.165) is 25.4 Å². The van der Waals surface area contributed by atoms with Crippen molar-refractivity contribution in [1.29, 1.82) is 0 Å². The summed E-state index contributed by atoms with van der Waals surface area (Å²) in [6.07, 6.45) is 3.64. The van der Waals surface area contributed by atoms with Crippen LogP contribution in [0.15, 0.2) is 42.7 Å². The number of halogens is 1. The minimum Gasteiger partial charge on any atom is -0.496 e. The number of methoxy groups -OCH3 is 1. The number of aromatic nitrogens is 1. The highest BCUT2D eigenvalue weighted by atomic mass is 35.5. The maximum Gasteiger partial charge on any atom is 0.123 e. The number of ether oxygens (including phenoxy) is 1. The van der Waals surface area contributed by atoms with Crippen molar-refractivity contribution >= 4 is 12.4 Å². The van der Waals surface area contributed by atoms with Crippen LogP contribution >= 0.6 is 12.4 Å². The molecule has 1 aliphatic heterocycles. The van der Waals surface area contributed by atoms with Crippen LogP contribution in [-0.2, 0) is 6.54 Å². The highest BCUT2D eigenvalue weighted by Gasteiger charge is 2.27. The molecule has 23 heavy (non-hydrogen) atoms. The first-order valence-corrected chi connectivity index (χ1v) is 7.72. The molecule has 1 aromatic heterocycles. The van der Waals surface area contributed by atoms with E-state index in [1.807, 2.05) is 30.6 Å². The lowest BCUT2D eigenvalue weighted by molar-refractivity contribution is 0.310. The van der Waals surface area contributed by atoms with Gasteiger partial charge in [0.05, 0.1) is 7.11 Å². The molecule has 0 saturated carbocycles. The largest absolute Gasteiger partial charge is 0.496 e. The number of benzene rings is 1. The van der Waals surface area contributed by atoms with E-state index in [9.17, 15) is 0 Å². The topological polar surface area (TPSA) is 51.4 Å². The van der Waals surface area contributed by atoms with Crippen LogP contribution in [-0.4, -0.2) is 36.1 Å². The molecule has 0 radical (unpaired) electrons. The molecule has 0 amide bonds. The monoisotopic (exact) mass is 333 g/mol. The lowest BCUT2D eigenvalue weighted by Gasteiger charge is -2.18. The second-order valence-electron chi connectivity index (χ2n) is 6.10. The summed E-state index contributed by atoms with van der Waals surface area (Å²) in [6, 6.07) is 10.7. The lowest BCUT2D eigenvalue weighted by Crippen LogP contribution is -2.28. The van der Waals surface area contributed by atoms with Gasteiger partial charge in [-0.05, 0) is 41.3 Å².